The molecule has 2 atom stereocenters. The van der Waals surface area contributed by atoms with Crippen molar-refractivity contribution in [2.75, 3.05) is 19.7 Å². The van der Waals surface area contributed by atoms with Crippen LogP contribution in [-0.4, -0.2) is 36.8 Å². The number of nitrogens with two attached hydrogens (primary N) is 1. The number of hydrogen-bond donors (Lipinski definition) is 3. The number of nitrogens with zero attached hydrogens (tertiary/aromatic N) is 1. The molecule has 5 heteroatoms. The summed E-state index contributed by atoms with van der Waals surface area (Å²) < 4.78 is 5.52. The standard InChI is InChI=1S/C13H27N3O2/c1-10-11(5-8-18-10)9-15-7-4-6-13(2,3)12(14)16-17/h10-11,15,17H,4-9H2,1-3H3,(H2,14,16). The van der Waals surface area contributed by atoms with E-state index >= 15 is 0 Å². The van der Waals surface area contributed by atoms with Crippen LogP contribution in [0, 0.1) is 11.3 Å². The molecule has 0 radical (unpaired) electrons. The highest BCUT2D eigenvalue weighted by atomic mass is 16.5. The van der Waals surface area contributed by atoms with Gasteiger partial charge in [0.15, 0.2) is 0 Å². The topological polar surface area (TPSA) is 79.9 Å². The van der Waals surface area contributed by atoms with E-state index < -0.39 is 0 Å². The van der Waals surface area contributed by atoms with Gasteiger partial charge in [0, 0.05) is 18.6 Å². The first kappa shape index (κ1) is 15.2. The molecule has 0 aromatic heterocycles. The van der Waals surface area contributed by atoms with Crippen molar-refractivity contribution < 1.29 is 9.94 Å². The first-order valence-corrected chi connectivity index (χ1v) is 6.77. The Morgan fingerprint density at radius 3 is 2.83 bits per heavy atom. The van der Waals surface area contributed by atoms with E-state index in [4.69, 9.17) is 15.7 Å². The van der Waals surface area contributed by atoms with Crippen LogP contribution >= 0.6 is 0 Å². The van der Waals surface area contributed by atoms with Crippen LogP contribution in [0.25, 0.3) is 0 Å². The zero-order valence-corrected chi connectivity index (χ0v) is 11.8. The third-order valence-electron chi connectivity index (χ3n) is 3.90. The van der Waals surface area contributed by atoms with Gasteiger partial charge in [-0.05, 0) is 38.6 Å². The third kappa shape index (κ3) is 4.46. The molecular weight excluding hydrogens is 230 g/mol. The van der Waals surface area contributed by atoms with Crippen LogP contribution in [-0.2, 0) is 4.74 Å². The fourth-order valence-electron chi connectivity index (χ4n) is 2.25. The molecule has 1 aliphatic heterocycles. The number of hydrogen-bond acceptors (Lipinski definition) is 4. The van der Waals surface area contributed by atoms with Gasteiger partial charge in [-0.1, -0.05) is 19.0 Å². The maximum absolute atomic E-state index is 8.68. The Labute approximate surface area is 110 Å². The van der Waals surface area contributed by atoms with Crippen molar-refractivity contribution in [2.45, 2.75) is 46.1 Å². The van der Waals surface area contributed by atoms with Crippen molar-refractivity contribution in [1.82, 2.24) is 5.32 Å². The second kappa shape index (κ2) is 6.95. The smallest absolute Gasteiger partial charge is 0.144 e. The van der Waals surface area contributed by atoms with E-state index in [1.165, 1.54) is 0 Å². The molecule has 18 heavy (non-hydrogen) atoms. The van der Waals surface area contributed by atoms with Crippen molar-refractivity contribution in [2.24, 2.45) is 22.2 Å². The van der Waals surface area contributed by atoms with E-state index in [1.807, 2.05) is 13.8 Å². The molecule has 4 N–H and O–H groups in total. The van der Waals surface area contributed by atoms with Crippen molar-refractivity contribution in [3.8, 4) is 0 Å². The SMILES string of the molecule is CC1OCCC1CNCCCC(C)(C)C(N)=NO. The van der Waals surface area contributed by atoms with Crippen LogP contribution in [0.15, 0.2) is 5.16 Å². The molecule has 0 aromatic rings. The summed E-state index contributed by atoms with van der Waals surface area (Å²) in [7, 11) is 0. The second-order valence-electron chi connectivity index (χ2n) is 5.80. The minimum absolute atomic E-state index is 0.236. The Kier molecular flexibility index (Phi) is 5.88. The lowest BCUT2D eigenvalue weighted by atomic mass is 9.86. The fourth-order valence-corrected chi connectivity index (χ4v) is 2.25. The van der Waals surface area contributed by atoms with Crippen LogP contribution < -0.4 is 11.1 Å². The molecule has 1 heterocycles. The minimum Gasteiger partial charge on any atom is -0.409 e. The fraction of sp³-hybridized carbons (Fsp3) is 0.923. The monoisotopic (exact) mass is 257 g/mol. The average molecular weight is 257 g/mol. The van der Waals surface area contributed by atoms with Crippen molar-refractivity contribution >= 4 is 5.84 Å². The van der Waals surface area contributed by atoms with Crippen molar-refractivity contribution in [3.63, 3.8) is 0 Å². The van der Waals surface area contributed by atoms with Gasteiger partial charge in [-0.2, -0.15) is 0 Å². The number of amidine groups is 1. The second-order valence-corrected chi connectivity index (χ2v) is 5.80. The van der Waals surface area contributed by atoms with E-state index in [0.29, 0.717) is 17.9 Å². The summed E-state index contributed by atoms with van der Waals surface area (Å²) >= 11 is 0. The lowest BCUT2D eigenvalue weighted by Gasteiger charge is -2.23. The zero-order chi connectivity index (χ0) is 13.6. The molecule has 1 fully saturated rings. The Bertz CT molecular complexity index is 279. The van der Waals surface area contributed by atoms with Crippen molar-refractivity contribution in [1.29, 1.82) is 0 Å². The highest BCUT2D eigenvalue weighted by Crippen LogP contribution is 2.22. The molecule has 0 bridgehead atoms. The van der Waals surface area contributed by atoms with Gasteiger partial charge < -0.3 is 21.0 Å². The van der Waals surface area contributed by atoms with Crippen molar-refractivity contribution in [3.05, 3.63) is 0 Å². The zero-order valence-electron chi connectivity index (χ0n) is 11.8. The van der Waals surface area contributed by atoms with Gasteiger partial charge in [-0.25, -0.2) is 0 Å². The highest BCUT2D eigenvalue weighted by molar-refractivity contribution is 5.85. The number of ether oxygens (including phenoxy) is 1. The van der Waals surface area contributed by atoms with Crippen LogP contribution in [0.2, 0.25) is 0 Å². The normalized spacial score (nSPS) is 25.6. The third-order valence-corrected chi connectivity index (χ3v) is 3.90. The summed E-state index contributed by atoms with van der Waals surface area (Å²) in [5.74, 6) is 0.947. The van der Waals surface area contributed by atoms with E-state index in [9.17, 15) is 0 Å². The van der Waals surface area contributed by atoms with Gasteiger partial charge in [-0.15, -0.1) is 0 Å². The van der Waals surface area contributed by atoms with Crippen LogP contribution in [0.1, 0.15) is 40.0 Å². The predicted octanol–water partition coefficient (Wildman–Crippen LogP) is 1.55. The van der Waals surface area contributed by atoms with Gasteiger partial charge in [-0.3, -0.25) is 0 Å². The van der Waals surface area contributed by atoms with Crippen LogP contribution in [0.3, 0.4) is 0 Å². The van der Waals surface area contributed by atoms with E-state index in [-0.39, 0.29) is 5.41 Å². The molecule has 106 valence electrons. The summed E-state index contributed by atoms with van der Waals surface area (Å²) in [6.45, 7) is 9.01. The van der Waals surface area contributed by atoms with Gasteiger partial charge in [0.25, 0.3) is 0 Å². The highest BCUT2D eigenvalue weighted by Gasteiger charge is 2.24. The van der Waals surface area contributed by atoms with E-state index in [0.717, 1.165) is 39.0 Å². The lowest BCUT2D eigenvalue weighted by Crippen LogP contribution is -2.33. The maximum atomic E-state index is 8.68. The molecule has 2 unspecified atom stereocenters. The molecule has 0 spiro atoms. The first-order valence-electron chi connectivity index (χ1n) is 6.77. The quantitative estimate of drug-likeness (QED) is 0.212. The van der Waals surface area contributed by atoms with Gasteiger partial charge in [0.2, 0.25) is 0 Å². The summed E-state index contributed by atoms with van der Waals surface area (Å²) in [6, 6.07) is 0. The Morgan fingerprint density at radius 2 is 2.28 bits per heavy atom. The predicted molar refractivity (Wildman–Crippen MR) is 72.8 cm³/mol. The molecule has 0 saturated carbocycles. The summed E-state index contributed by atoms with van der Waals surface area (Å²) in [5.41, 5.74) is 5.41. The molecule has 1 aliphatic rings. The molecular formula is C13H27N3O2. The van der Waals surface area contributed by atoms with E-state index in [2.05, 4.69) is 17.4 Å². The van der Waals surface area contributed by atoms with Gasteiger partial charge in [0.1, 0.15) is 5.84 Å². The first-order chi connectivity index (χ1) is 8.47. The number of rotatable bonds is 7. The largest absolute Gasteiger partial charge is 0.409 e. The Morgan fingerprint density at radius 1 is 1.56 bits per heavy atom. The molecule has 0 aliphatic carbocycles. The maximum Gasteiger partial charge on any atom is 0.144 e. The van der Waals surface area contributed by atoms with Crippen LogP contribution in [0.5, 0.6) is 0 Å². The molecule has 5 nitrogen and oxygen atoms in total. The Balaban J connectivity index is 2.11. The van der Waals surface area contributed by atoms with Crippen LogP contribution in [0.4, 0.5) is 0 Å². The minimum atomic E-state index is -0.236. The summed E-state index contributed by atoms with van der Waals surface area (Å²) in [4.78, 5) is 0. The van der Waals surface area contributed by atoms with Gasteiger partial charge in [0.05, 0.1) is 6.10 Å². The number of nitrogens with one attached hydrogen (secondary N) is 1. The molecule has 1 saturated heterocycles. The average Bonchev–Trinajstić information content (AvgIpc) is 2.73. The lowest BCUT2D eigenvalue weighted by molar-refractivity contribution is 0.105. The molecule has 0 amide bonds. The molecule has 0 aromatic carbocycles. The Hall–Kier alpha value is -0.810. The summed E-state index contributed by atoms with van der Waals surface area (Å²) in [5, 5.41) is 15.2. The molecule has 1 rings (SSSR count). The number of oxime groups is 1. The summed E-state index contributed by atoms with van der Waals surface area (Å²) in [6.07, 6.45) is 3.47. The van der Waals surface area contributed by atoms with Gasteiger partial charge >= 0.3 is 0 Å². The van der Waals surface area contributed by atoms with E-state index in [1.54, 1.807) is 0 Å².